The third-order valence-electron chi connectivity index (χ3n) is 7.07. The molecule has 5 rings (SSSR count). The van der Waals surface area contributed by atoms with Gasteiger partial charge in [0, 0.05) is 62.6 Å². The normalized spacial score (nSPS) is 14.2. The number of anilines is 1. The number of ether oxygens (including phenoxy) is 1. The zero-order valence-corrected chi connectivity index (χ0v) is 21.5. The Morgan fingerprint density at radius 1 is 1.05 bits per heavy atom. The first-order valence-corrected chi connectivity index (χ1v) is 13.0. The number of benzene rings is 2. The smallest absolute Gasteiger partial charge is 0.339 e. The summed E-state index contributed by atoms with van der Waals surface area (Å²) in [5.74, 6) is -0.0558. The molecular formula is C29H32FN5O3. The third kappa shape index (κ3) is 5.78. The summed E-state index contributed by atoms with van der Waals surface area (Å²) in [6.07, 6.45) is 4.83. The van der Waals surface area contributed by atoms with Gasteiger partial charge in [-0.1, -0.05) is 18.2 Å². The Morgan fingerprint density at radius 2 is 1.82 bits per heavy atom. The minimum atomic E-state index is -1.01. The Labute approximate surface area is 221 Å². The average molecular weight is 518 g/mol. The van der Waals surface area contributed by atoms with Crippen LogP contribution in [0.4, 0.5) is 10.3 Å². The molecule has 38 heavy (non-hydrogen) atoms. The van der Waals surface area contributed by atoms with Crippen LogP contribution >= 0.6 is 0 Å². The van der Waals surface area contributed by atoms with Crippen LogP contribution in [0.25, 0.3) is 10.9 Å². The second-order valence-corrected chi connectivity index (χ2v) is 9.42. The van der Waals surface area contributed by atoms with E-state index in [1.807, 2.05) is 12.1 Å². The van der Waals surface area contributed by atoms with Gasteiger partial charge in [-0.15, -0.1) is 0 Å². The molecule has 9 heteroatoms. The molecule has 2 aromatic heterocycles. The lowest BCUT2D eigenvalue weighted by atomic mass is 10.0. The maximum atomic E-state index is 13.0. The van der Waals surface area contributed by atoms with E-state index in [0.29, 0.717) is 36.8 Å². The maximum absolute atomic E-state index is 13.0. The van der Waals surface area contributed by atoms with Gasteiger partial charge in [0.15, 0.2) is 0 Å². The molecule has 0 bridgehead atoms. The molecule has 2 aromatic carbocycles. The van der Waals surface area contributed by atoms with Gasteiger partial charge < -0.3 is 19.3 Å². The lowest BCUT2D eigenvalue weighted by Crippen LogP contribution is -2.48. The van der Waals surface area contributed by atoms with Gasteiger partial charge in [-0.05, 0) is 55.7 Å². The first-order chi connectivity index (χ1) is 18.5. The van der Waals surface area contributed by atoms with Gasteiger partial charge in [-0.3, -0.25) is 4.90 Å². The fourth-order valence-corrected chi connectivity index (χ4v) is 4.96. The summed E-state index contributed by atoms with van der Waals surface area (Å²) < 4.78 is 21.0. The molecule has 8 nitrogen and oxygen atoms in total. The number of nitrogens with zero attached hydrogens (tertiary/aromatic N) is 5. The molecule has 0 spiro atoms. The van der Waals surface area contributed by atoms with E-state index < -0.39 is 5.97 Å². The quantitative estimate of drug-likeness (QED) is 0.336. The van der Waals surface area contributed by atoms with Crippen LogP contribution in [0.2, 0.25) is 0 Å². The monoisotopic (exact) mass is 517 g/mol. The number of carbonyl (C=O) groups is 1. The van der Waals surface area contributed by atoms with E-state index in [2.05, 4.69) is 44.6 Å². The first-order valence-electron chi connectivity index (χ1n) is 13.0. The molecule has 1 aliphatic heterocycles. The van der Waals surface area contributed by atoms with Crippen LogP contribution in [-0.2, 0) is 19.4 Å². The van der Waals surface area contributed by atoms with Crippen LogP contribution in [0.3, 0.4) is 0 Å². The minimum absolute atomic E-state index is 0.157. The van der Waals surface area contributed by atoms with Crippen molar-refractivity contribution < 1.29 is 19.0 Å². The standard InChI is InChI=1S/C29H32FN5O3/c1-2-34-20-21(24-5-3-4-6-27(24)34)7-12-26-25(28(36)37)19-31-29(32-26)35-15-13-33(14-16-35)17-18-38-23-10-8-22(30)9-11-23/h3-6,8-11,19-20H,2,7,12-18H2,1H3,(H,36,37). The molecule has 4 aromatic rings. The molecule has 0 saturated carbocycles. The van der Waals surface area contributed by atoms with Gasteiger partial charge in [0.2, 0.25) is 5.95 Å². The number of fused-ring (bicyclic) bond motifs is 1. The van der Waals surface area contributed by atoms with Crippen LogP contribution in [0.5, 0.6) is 5.75 Å². The number of piperazine rings is 1. The van der Waals surface area contributed by atoms with E-state index in [9.17, 15) is 14.3 Å². The molecule has 0 aliphatic carbocycles. The van der Waals surface area contributed by atoms with E-state index >= 15 is 0 Å². The van der Waals surface area contributed by atoms with Crippen molar-refractivity contribution in [3.63, 3.8) is 0 Å². The number of para-hydroxylation sites is 1. The van der Waals surface area contributed by atoms with Gasteiger partial charge in [0.25, 0.3) is 0 Å². The summed E-state index contributed by atoms with van der Waals surface area (Å²) in [6.45, 7) is 7.41. The van der Waals surface area contributed by atoms with E-state index in [1.165, 1.54) is 34.8 Å². The highest BCUT2D eigenvalue weighted by molar-refractivity contribution is 5.88. The molecule has 1 aliphatic rings. The highest BCUT2D eigenvalue weighted by atomic mass is 19.1. The van der Waals surface area contributed by atoms with E-state index in [1.54, 1.807) is 12.1 Å². The summed E-state index contributed by atoms with van der Waals surface area (Å²) in [5, 5.41) is 11.0. The van der Waals surface area contributed by atoms with Crippen LogP contribution in [-0.4, -0.2) is 69.8 Å². The Bertz CT molecular complexity index is 1400. The summed E-state index contributed by atoms with van der Waals surface area (Å²) >= 11 is 0. The Kier molecular flexibility index (Phi) is 7.83. The van der Waals surface area contributed by atoms with Gasteiger partial charge in [-0.2, -0.15) is 0 Å². The first kappa shape index (κ1) is 25.7. The molecule has 198 valence electrons. The van der Waals surface area contributed by atoms with Crippen molar-refractivity contribution in [2.45, 2.75) is 26.3 Å². The number of halogens is 1. The minimum Gasteiger partial charge on any atom is -0.492 e. The topological polar surface area (TPSA) is 83.7 Å². The van der Waals surface area contributed by atoms with Gasteiger partial charge >= 0.3 is 5.97 Å². The largest absolute Gasteiger partial charge is 0.492 e. The lowest BCUT2D eigenvalue weighted by Gasteiger charge is -2.34. The van der Waals surface area contributed by atoms with Crippen LogP contribution in [0.15, 0.2) is 60.9 Å². The predicted molar refractivity (Wildman–Crippen MR) is 145 cm³/mol. The van der Waals surface area contributed by atoms with Crippen molar-refractivity contribution in [3.05, 3.63) is 83.6 Å². The number of hydrogen-bond donors (Lipinski definition) is 1. The van der Waals surface area contributed by atoms with Crippen molar-refractivity contribution in [2.75, 3.05) is 44.2 Å². The molecule has 0 amide bonds. The molecule has 1 N–H and O–H groups in total. The molecule has 0 radical (unpaired) electrons. The van der Waals surface area contributed by atoms with Crippen LogP contribution < -0.4 is 9.64 Å². The van der Waals surface area contributed by atoms with Crippen molar-refractivity contribution in [1.82, 2.24) is 19.4 Å². The zero-order chi connectivity index (χ0) is 26.5. The number of rotatable bonds is 10. The number of aryl methyl sites for hydroxylation is 3. The number of carboxylic acids is 1. The fourth-order valence-electron chi connectivity index (χ4n) is 4.96. The summed E-state index contributed by atoms with van der Waals surface area (Å²) in [7, 11) is 0. The molecule has 1 saturated heterocycles. The molecule has 3 heterocycles. The highest BCUT2D eigenvalue weighted by Gasteiger charge is 2.22. The Hall–Kier alpha value is -3.98. The Morgan fingerprint density at radius 3 is 2.55 bits per heavy atom. The number of carboxylic acid groups (broad SMARTS) is 1. The molecule has 1 fully saturated rings. The summed E-state index contributed by atoms with van der Waals surface area (Å²) in [5.41, 5.74) is 3.10. The Balaban J connectivity index is 1.21. The molecular weight excluding hydrogens is 485 g/mol. The van der Waals surface area contributed by atoms with Gasteiger partial charge in [-0.25, -0.2) is 19.2 Å². The van der Waals surface area contributed by atoms with Crippen molar-refractivity contribution in [1.29, 1.82) is 0 Å². The van der Waals surface area contributed by atoms with Gasteiger partial charge in [0.1, 0.15) is 18.2 Å². The summed E-state index contributed by atoms with van der Waals surface area (Å²) in [4.78, 5) is 25.4. The van der Waals surface area contributed by atoms with Crippen LogP contribution in [0.1, 0.15) is 28.5 Å². The maximum Gasteiger partial charge on any atom is 0.339 e. The van der Waals surface area contributed by atoms with Crippen LogP contribution in [0, 0.1) is 5.82 Å². The van der Waals surface area contributed by atoms with E-state index in [0.717, 1.165) is 39.3 Å². The SMILES string of the molecule is CCn1cc(CCc2nc(N3CCN(CCOc4ccc(F)cc4)CC3)ncc2C(=O)O)c2ccccc21. The fraction of sp³-hybridized carbons (Fsp3) is 0.345. The predicted octanol–water partition coefficient (Wildman–Crippen LogP) is 4.27. The second-order valence-electron chi connectivity index (χ2n) is 9.42. The zero-order valence-electron chi connectivity index (χ0n) is 21.5. The van der Waals surface area contributed by atoms with E-state index in [-0.39, 0.29) is 11.4 Å². The molecule has 0 atom stereocenters. The van der Waals surface area contributed by atoms with Crippen molar-refractivity contribution in [2.24, 2.45) is 0 Å². The number of aromatic nitrogens is 3. The third-order valence-corrected chi connectivity index (χ3v) is 7.07. The van der Waals surface area contributed by atoms with Gasteiger partial charge in [0.05, 0.1) is 11.3 Å². The highest BCUT2D eigenvalue weighted by Crippen LogP contribution is 2.24. The van der Waals surface area contributed by atoms with E-state index in [4.69, 9.17) is 9.72 Å². The lowest BCUT2D eigenvalue weighted by molar-refractivity contribution is 0.0694. The number of hydrogen-bond acceptors (Lipinski definition) is 6. The van der Waals surface area contributed by atoms with Crippen molar-refractivity contribution in [3.8, 4) is 5.75 Å². The second kappa shape index (κ2) is 11.6. The molecule has 0 unspecified atom stereocenters. The number of aromatic carboxylic acids is 1. The van der Waals surface area contributed by atoms with Crippen molar-refractivity contribution >= 4 is 22.8 Å². The average Bonchev–Trinajstić information content (AvgIpc) is 3.31. The summed E-state index contributed by atoms with van der Waals surface area (Å²) in [6, 6.07) is 14.3.